The number of rotatable bonds is 5. The summed E-state index contributed by atoms with van der Waals surface area (Å²) in [6.07, 6.45) is 9.33. The summed E-state index contributed by atoms with van der Waals surface area (Å²) in [4.78, 5) is 47.7. The molecular formula is C28H37N7O2. The van der Waals surface area contributed by atoms with Crippen LogP contribution in [0.3, 0.4) is 0 Å². The Labute approximate surface area is 218 Å². The fourth-order valence-corrected chi connectivity index (χ4v) is 6.49. The van der Waals surface area contributed by atoms with Gasteiger partial charge in [-0.15, -0.1) is 0 Å². The van der Waals surface area contributed by atoms with Crippen molar-refractivity contribution in [3.63, 3.8) is 0 Å². The third-order valence-corrected chi connectivity index (χ3v) is 8.76. The summed E-state index contributed by atoms with van der Waals surface area (Å²) in [7, 11) is 0. The van der Waals surface area contributed by atoms with Gasteiger partial charge < -0.3 is 10.2 Å². The third-order valence-electron chi connectivity index (χ3n) is 8.76. The molecule has 5 heterocycles. The number of piperazine rings is 1. The number of aromatic nitrogens is 3. The first-order valence-corrected chi connectivity index (χ1v) is 13.9. The van der Waals surface area contributed by atoms with Crippen LogP contribution in [0.15, 0.2) is 24.5 Å². The van der Waals surface area contributed by atoms with Gasteiger partial charge in [0, 0.05) is 68.7 Å². The van der Waals surface area contributed by atoms with Crippen molar-refractivity contribution in [2.24, 2.45) is 5.41 Å². The van der Waals surface area contributed by atoms with Crippen LogP contribution in [0.1, 0.15) is 63.0 Å². The Morgan fingerprint density at radius 1 is 1.05 bits per heavy atom. The van der Waals surface area contributed by atoms with Gasteiger partial charge in [-0.05, 0) is 45.2 Å². The van der Waals surface area contributed by atoms with Gasteiger partial charge in [0.1, 0.15) is 17.1 Å². The highest BCUT2D eigenvalue weighted by Crippen LogP contribution is 2.44. The second-order valence-electron chi connectivity index (χ2n) is 11.3. The van der Waals surface area contributed by atoms with Crippen molar-refractivity contribution in [3.05, 3.63) is 41.6 Å². The third kappa shape index (κ3) is 4.37. The molecule has 2 amide bonds. The van der Waals surface area contributed by atoms with Crippen molar-refractivity contribution in [3.8, 4) is 0 Å². The Hall–Kier alpha value is -3.07. The molecule has 2 aromatic rings. The van der Waals surface area contributed by atoms with Crippen LogP contribution in [0.25, 0.3) is 0 Å². The highest BCUT2D eigenvalue weighted by atomic mass is 16.2. The summed E-state index contributed by atoms with van der Waals surface area (Å²) < 4.78 is 0. The van der Waals surface area contributed by atoms with E-state index in [1.807, 2.05) is 17.3 Å². The van der Waals surface area contributed by atoms with E-state index in [0.717, 1.165) is 68.8 Å². The summed E-state index contributed by atoms with van der Waals surface area (Å²) in [5.41, 5.74) is 1.96. The fraction of sp³-hybridized carbons (Fsp3) is 0.607. The molecule has 6 rings (SSSR count). The molecule has 3 fully saturated rings. The molecule has 0 radical (unpaired) electrons. The number of amides is 2. The minimum absolute atomic E-state index is 0.0772. The van der Waals surface area contributed by atoms with Crippen molar-refractivity contribution < 1.29 is 9.59 Å². The predicted molar refractivity (Wildman–Crippen MR) is 142 cm³/mol. The molecule has 1 atom stereocenters. The van der Waals surface area contributed by atoms with Crippen molar-refractivity contribution in [2.75, 3.05) is 42.5 Å². The Morgan fingerprint density at radius 2 is 1.84 bits per heavy atom. The number of carbonyl (C=O) groups is 2. The topological polar surface area (TPSA) is 94.6 Å². The molecule has 37 heavy (non-hydrogen) atoms. The Kier molecular flexibility index (Phi) is 6.34. The summed E-state index contributed by atoms with van der Waals surface area (Å²) in [5, 5.41) is 2.89. The van der Waals surface area contributed by atoms with Crippen LogP contribution >= 0.6 is 0 Å². The summed E-state index contributed by atoms with van der Waals surface area (Å²) in [6, 6.07) is 4.89. The number of nitrogens with zero attached hydrogens (tertiary/aromatic N) is 6. The molecule has 0 aromatic carbocycles. The van der Waals surface area contributed by atoms with Crippen LogP contribution in [0, 0.1) is 5.41 Å². The van der Waals surface area contributed by atoms with E-state index in [2.05, 4.69) is 46.1 Å². The molecule has 3 aliphatic heterocycles. The standard InChI is InChI=1S/C28H37N7O2/c1-19(2)33-11-13-34(14-12-33)23-8-7-21(30-18-23)15-24-31-17-20-16-28(9-10-29-26(28)36)27(37)35(25(20)32-24)22-5-3-4-6-22/h7-8,17-19,22H,3-6,9-16H2,1-2H3,(H,29,36)/t28-/m1/s1. The Morgan fingerprint density at radius 3 is 2.49 bits per heavy atom. The number of nitrogens with one attached hydrogen (secondary N) is 1. The molecule has 9 heteroatoms. The van der Waals surface area contributed by atoms with Crippen LogP contribution in [0.5, 0.6) is 0 Å². The second kappa shape index (κ2) is 9.67. The zero-order chi connectivity index (χ0) is 25.6. The average Bonchev–Trinajstić information content (AvgIpc) is 3.56. The van der Waals surface area contributed by atoms with Crippen LogP contribution in [0.2, 0.25) is 0 Å². The number of hydrogen-bond acceptors (Lipinski definition) is 7. The monoisotopic (exact) mass is 503 g/mol. The summed E-state index contributed by atoms with van der Waals surface area (Å²) in [6.45, 7) is 9.22. The first-order chi connectivity index (χ1) is 17.9. The zero-order valence-electron chi connectivity index (χ0n) is 21.9. The van der Waals surface area contributed by atoms with Crippen LogP contribution < -0.4 is 15.1 Å². The van der Waals surface area contributed by atoms with E-state index in [4.69, 9.17) is 9.97 Å². The maximum Gasteiger partial charge on any atom is 0.244 e. The minimum atomic E-state index is -1.00. The molecule has 0 bridgehead atoms. The van der Waals surface area contributed by atoms with E-state index < -0.39 is 5.41 Å². The Balaban J connectivity index is 1.22. The predicted octanol–water partition coefficient (Wildman–Crippen LogP) is 2.33. The second-order valence-corrected chi connectivity index (χ2v) is 11.3. The van der Waals surface area contributed by atoms with Gasteiger partial charge in [-0.25, -0.2) is 9.97 Å². The smallest absolute Gasteiger partial charge is 0.244 e. The summed E-state index contributed by atoms with van der Waals surface area (Å²) >= 11 is 0. The van der Waals surface area contributed by atoms with Gasteiger partial charge >= 0.3 is 0 Å². The first kappa shape index (κ1) is 24.3. The quantitative estimate of drug-likeness (QED) is 0.626. The van der Waals surface area contributed by atoms with Crippen LogP contribution in [-0.4, -0.2) is 76.5 Å². The zero-order valence-corrected chi connectivity index (χ0v) is 21.9. The van der Waals surface area contributed by atoms with Crippen LogP contribution in [-0.2, 0) is 22.4 Å². The molecule has 2 saturated heterocycles. The molecule has 1 spiro atoms. The lowest BCUT2D eigenvalue weighted by Crippen LogP contribution is -2.56. The largest absolute Gasteiger partial charge is 0.368 e. The SMILES string of the molecule is CC(C)N1CCN(c2ccc(Cc3ncc4c(n3)N(C3CCCC3)C(=O)[C@]3(CCNC3=O)C4)nc2)CC1. The lowest BCUT2D eigenvalue weighted by molar-refractivity contribution is -0.140. The molecule has 9 nitrogen and oxygen atoms in total. The number of carbonyl (C=O) groups excluding carboxylic acids is 2. The number of pyridine rings is 1. The lowest BCUT2D eigenvalue weighted by Gasteiger charge is -2.40. The Bertz CT molecular complexity index is 1170. The van der Waals surface area contributed by atoms with E-state index in [-0.39, 0.29) is 17.9 Å². The van der Waals surface area contributed by atoms with E-state index >= 15 is 0 Å². The van der Waals surface area contributed by atoms with Gasteiger partial charge in [0.15, 0.2) is 0 Å². The van der Waals surface area contributed by atoms with Gasteiger partial charge in [0.05, 0.1) is 18.3 Å². The molecule has 0 unspecified atom stereocenters. The number of fused-ring (bicyclic) bond motifs is 1. The van der Waals surface area contributed by atoms with E-state index in [1.165, 1.54) is 0 Å². The molecular weight excluding hydrogens is 466 g/mol. The molecule has 1 aliphatic carbocycles. The van der Waals surface area contributed by atoms with Gasteiger partial charge in [-0.3, -0.25) is 24.4 Å². The fourth-order valence-electron chi connectivity index (χ4n) is 6.49. The normalized spacial score (nSPS) is 24.8. The van der Waals surface area contributed by atoms with Crippen molar-refractivity contribution >= 4 is 23.3 Å². The van der Waals surface area contributed by atoms with Crippen molar-refractivity contribution in [1.29, 1.82) is 0 Å². The van der Waals surface area contributed by atoms with Gasteiger partial charge in [-0.1, -0.05) is 12.8 Å². The average molecular weight is 504 g/mol. The van der Waals surface area contributed by atoms with Crippen LogP contribution in [0.4, 0.5) is 11.5 Å². The van der Waals surface area contributed by atoms with E-state index in [9.17, 15) is 9.59 Å². The maximum absolute atomic E-state index is 13.8. The highest BCUT2D eigenvalue weighted by Gasteiger charge is 2.56. The number of hydrogen-bond donors (Lipinski definition) is 1. The van der Waals surface area contributed by atoms with Gasteiger partial charge in [-0.2, -0.15) is 0 Å². The molecule has 2 aromatic heterocycles. The molecule has 196 valence electrons. The highest BCUT2D eigenvalue weighted by molar-refractivity contribution is 6.14. The molecule has 4 aliphatic rings. The van der Waals surface area contributed by atoms with E-state index in [1.54, 1.807) is 0 Å². The summed E-state index contributed by atoms with van der Waals surface area (Å²) in [5.74, 6) is 1.13. The number of anilines is 2. The lowest BCUT2D eigenvalue weighted by atomic mass is 9.76. The molecule has 1 saturated carbocycles. The van der Waals surface area contributed by atoms with E-state index in [0.29, 0.717) is 43.5 Å². The first-order valence-electron chi connectivity index (χ1n) is 13.9. The van der Waals surface area contributed by atoms with Gasteiger partial charge in [0.2, 0.25) is 11.8 Å². The maximum atomic E-state index is 13.8. The molecule has 1 N–H and O–H groups in total. The van der Waals surface area contributed by atoms with Crippen molar-refractivity contribution in [2.45, 2.75) is 70.9 Å². The minimum Gasteiger partial charge on any atom is -0.368 e. The van der Waals surface area contributed by atoms with Gasteiger partial charge in [0.25, 0.3) is 0 Å². The van der Waals surface area contributed by atoms with Crippen molar-refractivity contribution in [1.82, 2.24) is 25.2 Å².